The molecule has 1 rings (SSSR count). The molecule has 1 nitrogen and oxygen atoms in total. The first-order valence-electron chi connectivity index (χ1n) is 4.66. The molecule has 12 heavy (non-hydrogen) atoms. The fourth-order valence-corrected chi connectivity index (χ4v) is 1.33. The Labute approximate surface area is 74.7 Å². The summed E-state index contributed by atoms with van der Waals surface area (Å²) in [6.45, 7) is 2.13. The van der Waals surface area contributed by atoms with Crippen molar-refractivity contribution in [3.63, 3.8) is 0 Å². The molecule has 0 unspecified atom stereocenters. The molecule has 1 heteroatoms. The predicted molar refractivity (Wildman–Crippen MR) is 53.6 cm³/mol. The number of allylic oxidation sites excluding steroid dienone is 5. The maximum absolute atomic E-state index is 5.82. The fraction of sp³-hybridized carbons (Fsp3) is 0.455. The Hall–Kier alpha value is -0.980. The van der Waals surface area contributed by atoms with Crippen LogP contribution in [0.4, 0.5) is 0 Å². The summed E-state index contributed by atoms with van der Waals surface area (Å²) in [4.78, 5) is 0. The largest absolute Gasteiger partial charge is 0.399 e. The van der Waals surface area contributed by atoms with E-state index < -0.39 is 0 Å². The lowest BCUT2D eigenvalue weighted by atomic mass is 9.98. The van der Waals surface area contributed by atoms with Crippen molar-refractivity contribution >= 4 is 0 Å². The minimum Gasteiger partial charge on any atom is -0.399 e. The molecule has 0 radical (unpaired) electrons. The molecule has 0 saturated heterocycles. The van der Waals surface area contributed by atoms with Crippen LogP contribution in [-0.4, -0.2) is 0 Å². The number of nitrogens with two attached hydrogens (primary N) is 1. The van der Waals surface area contributed by atoms with Gasteiger partial charge in [0.25, 0.3) is 0 Å². The Kier molecular flexibility index (Phi) is 3.65. The predicted octanol–water partition coefficient (Wildman–Crippen LogP) is 2.91. The van der Waals surface area contributed by atoms with Gasteiger partial charge >= 0.3 is 0 Å². The molecule has 0 saturated carbocycles. The van der Waals surface area contributed by atoms with Crippen molar-refractivity contribution in [2.75, 3.05) is 0 Å². The second-order valence-electron chi connectivity index (χ2n) is 3.08. The molecule has 1 aliphatic rings. The molecular weight excluding hydrogens is 146 g/mol. The quantitative estimate of drug-likeness (QED) is 0.665. The van der Waals surface area contributed by atoms with E-state index in [1.165, 1.54) is 12.0 Å². The zero-order valence-electron chi connectivity index (χ0n) is 7.72. The molecule has 0 aromatic carbocycles. The highest BCUT2D eigenvalue weighted by molar-refractivity contribution is 5.33. The Bertz CT molecular complexity index is 221. The Morgan fingerprint density at radius 2 is 2.42 bits per heavy atom. The van der Waals surface area contributed by atoms with Gasteiger partial charge in [0.1, 0.15) is 0 Å². The van der Waals surface area contributed by atoms with Crippen LogP contribution in [0.2, 0.25) is 0 Å². The van der Waals surface area contributed by atoms with E-state index in [-0.39, 0.29) is 0 Å². The molecular formula is C11H17N. The molecule has 0 fully saturated rings. The highest BCUT2D eigenvalue weighted by Crippen LogP contribution is 2.19. The highest BCUT2D eigenvalue weighted by Gasteiger charge is 2.04. The van der Waals surface area contributed by atoms with Gasteiger partial charge in [0.05, 0.1) is 0 Å². The van der Waals surface area contributed by atoms with Gasteiger partial charge < -0.3 is 5.73 Å². The van der Waals surface area contributed by atoms with E-state index in [9.17, 15) is 0 Å². The van der Waals surface area contributed by atoms with Crippen LogP contribution in [0.1, 0.15) is 32.6 Å². The summed E-state index contributed by atoms with van der Waals surface area (Å²) in [7, 11) is 0. The summed E-state index contributed by atoms with van der Waals surface area (Å²) >= 11 is 0. The van der Waals surface area contributed by atoms with Crippen molar-refractivity contribution in [3.05, 3.63) is 35.6 Å². The maximum Gasteiger partial charge on any atom is 0.0306 e. The smallest absolute Gasteiger partial charge is 0.0306 e. The standard InChI is InChI=1S/C11H17N/c1-2-3-4-7-10-8-5-6-9-11(10)12/h3-4,7,9H,2,5-6,8,12H2,1H3/b4-3-,10-7+. The third-order valence-electron chi connectivity index (χ3n) is 2.05. The molecule has 0 aliphatic heterocycles. The third-order valence-corrected chi connectivity index (χ3v) is 2.05. The number of rotatable bonds is 2. The first-order valence-corrected chi connectivity index (χ1v) is 4.66. The second kappa shape index (κ2) is 4.81. The SMILES string of the molecule is CC/C=C\C=C1/CCCC=C1N. The average molecular weight is 163 g/mol. The first-order chi connectivity index (χ1) is 5.84. The molecule has 0 atom stereocenters. The lowest BCUT2D eigenvalue weighted by Gasteiger charge is -2.11. The van der Waals surface area contributed by atoms with Gasteiger partial charge in [0.15, 0.2) is 0 Å². The van der Waals surface area contributed by atoms with Crippen molar-refractivity contribution in [2.24, 2.45) is 5.73 Å². The van der Waals surface area contributed by atoms with E-state index in [4.69, 9.17) is 5.73 Å². The molecule has 66 valence electrons. The summed E-state index contributed by atoms with van der Waals surface area (Å²) in [6, 6.07) is 0. The lowest BCUT2D eigenvalue weighted by molar-refractivity contribution is 0.797. The monoisotopic (exact) mass is 163 g/mol. The average Bonchev–Trinajstić information content (AvgIpc) is 2.09. The molecule has 1 aliphatic carbocycles. The van der Waals surface area contributed by atoms with Crippen LogP contribution in [0, 0.1) is 0 Å². The van der Waals surface area contributed by atoms with Crippen molar-refractivity contribution < 1.29 is 0 Å². The van der Waals surface area contributed by atoms with E-state index >= 15 is 0 Å². The number of hydrogen-bond donors (Lipinski definition) is 1. The van der Waals surface area contributed by atoms with E-state index in [0.717, 1.165) is 25.0 Å². The number of hydrogen-bond acceptors (Lipinski definition) is 1. The van der Waals surface area contributed by atoms with E-state index in [2.05, 4.69) is 31.2 Å². The maximum atomic E-state index is 5.82. The summed E-state index contributed by atoms with van der Waals surface area (Å²) < 4.78 is 0. The van der Waals surface area contributed by atoms with Crippen molar-refractivity contribution in [1.29, 1.82) is 0 Å². The van der Waals surface area contributed by atoms with Gasteiger partial charge in [0, 0.05) is 5.70 Å². The van der Waals surface area contributed by atoms with E-state index in [1.807, 2.05) is 0 Å². The molecule has 0 bridgehead atoms. The molecule has 2 N–H and O–H groups in total. The minimum atomic E-state index is 0.974. The fourth-order valence-electron chi connectivity index (χ4n) is 1.33. The zero-order valence-corrected chi connectivity index (χ0v) is 7.72. The molecule has 0 heterocycles. The highest BCUT2D eigenvalue weighted by atomic mass is 14.6. The van der Waals surface area contributed by atoms with Crippen molar-refractivity contribution in [3.8, 4) is 0 Å². The second-order valence-corrected chi connectivity index (χ2v) is 3.08. The first kappa shape index (κ1) is 9.11. The Morgan fingerprint density at radius 3 is 3.08 bits per heavy atom. The van der Waals surface area contributed by atoms with Gasteiger partial charge in [-0.15, -0.1) is 0 Å². The van der Waals surface area contributed by atoms with Gasteiger partial charge in [0.2, 0.25) is 0 Å². The molecule has 0 aromatic heterocycles. The van der Waals surface area contributed by atoms with Crippen LogP contribution >= 0.6 is 0 Å². The topological polar surface area (TPSA) is 26.0 Å². The van der Waals surface area contributed by atoms with Crippen LogP contribution in [0.15, 0.2) is 35.6 Å². The van der Waals surface area contributed by atoms with Crippen LogP contribution in [0.5, 0.6) is 0 Å². The summed E-state index contributed by atoms with van der Waals surface area (Å²) in [5, 5.41) is 0. The van der Waals surface area contributed by atoms with Gasteiger partial charge in [-0.3, -0.25) is 0 Å². The van der Waals surface area contributed by atoms with Gasteiger partial charge in [-0.1, -0.05) is 31.2 Å². The third kappa shape index (κ3) is 2.57. The van der Waals surface area contributed by atoms with E-state index in [1.54, 1.807) is 0 Å². The summed E-state index contributed by atoms with van der Waals surface area (Å²) in [5.74, 6) is 0. The van der Waals surface area contributed by atoms with Crippen LogP contribution < -0.4 is 5.73 Å². The van der Waals surface area contributed by atoms with Gasteiger partial charge in [-0.05, 0) is 31.3 Å². The Balaban J connectivity index is 2.60. The van der Waals surface area contributed by atoms with Crippen LogP contribution in [0.25, 0.3) is 0 Å². The van der Waals surface area contributed by atoms with Crippen LogP contribution in [-0.2, 0) is 0 Å². The molecule has 0 amide bonds. The lowest BCUT2D eigenvalue weighted by Crippen LogP contribution is -2.04. The van der Waals surface area contributed by atoms with Gasteiger partial charge in [-0.2, -0.15) is 0 Å². The normalized spacial score (nSPS) is 21.8. The van der Waals surface area contributed by atoms with Crippen molar-refractivity contribution in [1.82, 2.24) is 0 Å². The zero-order chi connectivity index (χ0) is 8.81. The summed E-state index contributed by atoms with van der Waals surface area (Å²) in [6.07, 6.45) is 13.1. The molecule has 0 aromatic rings. The van der Waals surface area contributed by atoms with Gasteiger partial charge in [-0.25, -0.2) is 0 Å². The van der Waals surface area contributed by atoms with E-state index in [0.29, 0.717) is 0 Å². The summed E-state index contributed by atoms with van der Waals surface area (Å²) in [5.41, 5.74) is 8.09. The minimum absolute atomic E-state index is 0.974. The van der Waals surface area contributed by atoms with Crippen LogP contribution in [0.3, 0.4) is 0 Å². The van der Waals surface area contributed by atoms with Crippen molar-refractivity contribution in [2.45, 2.75) is 32.6 Å². The Morgan fingerprint density at radius 1 is 1.58 bits per heavy atom. The molecule has 0 spiro atoms.